The van der Waals surface area contributed by atoms with Crippen LogP contribution in [0.5, 0.6) is 5.75 Å². The Morgan fingerprint density at radius 1 is 1.19 bits per heavy atom. The predicted molar refractivity (Wildman–Crippen MR) is 103 cm³/mol. The number of carbonyl (C=O) groups is 1. The van der Waals surface area contributed by atoms with Crippen LogP contribution in [0.4, 0.5) is 0 Å². The molecule has 8 heteroatoms. The Hall–Kier alpha value is -2.09. The van der Waals surface area contributed by atoms with Crippen molar-refractivity contribution in [3.05, 3.63) is 29.8 Å². The summed E-state index contributed by atoms with van der Waals surface area (Å²) in [6.45, 7) is 0.809. The van der Waals surface area contributed by atoms with Crippen molar-refractivity contribution < 1.29 is 9.53 Å². The van der Waals surface area contributed by atoms with Gasteiger partial charge in [-0.1, -0.05) is 36.7 Å². The zero-order valence-electron chi connectivity index (χ0n) is 15.6. The number of methoxy groups -OCH3 is 1. The fourth-order valence-electron chi connectivity index (χ4n) is 4.11. The lowest BCUT2D eigenvalue weighted by Crippen LogP contribution is -2.32. The molecule has 1 amide bonds. The van der Waals surface area contributed by atoms with Gasteiger partial charge in [-0.05, 0) is 53.8 Å². The van der Waals surface area contributed by atoms with Gasteiger partial charge in [-0.3, -0.25) is 4.79 Å². The van der Waals surface area contributed by atoms with Crippen LogP contribution in [0.3, 0.4) is 0 Å². The number of aromatic nitrogens is 4. The molecule has 0 radical (unpaired) electrons. The number of hydrogen-bond acceptors (Lipinski definition) is 6. The lowest BCUT2D eigenvalue weighted by atomic mass is 10.0. The van der Waals surface area contributed by atoms with Crippen LogP contribution in [0.15, 0.2) is 29.4 Å². The minimum absolute atomic E-state index is 0.148. The van der Waals surface area contributed by atoms with Gasteiger partial charge in [-0.25, -0.2) is 4.68 Å². The van der Waals surface area contributed by atoms with Crippen molar-refractivity contribution in [2.75, 3.05) is 19.4 Å². The van der Waals surface area contributed by atoms with E-state index in [1.165, 1.54) is 30.2 Å². The maximum atomic E-state index is 12.9. The summed E-state index contributed by atoms with van der Waals surface area (Å²) in [5, 5.41) is 12.9. The number of likely N-dealkylation sites (tertiary alicyclic amines) is 1. The summed E-state index contributed by atoms with van der Waals surface area (Å²) in [5.74, 6) is 1.36. The number of amides is 1. The van der Waals surface area contributed by atoms with E-state index in [9.17, 15) is 4.79 Å². The van der Waals surface area contributed by atoms with Crippen molar-refractivity contribution in [1.29, 1.82) is 0 Å². The maximum absolute atomic E-state index is 12.9. The van der Waals surface area contributed by atoms with Crippen LogP contribution in [0.2, 0.25) is 0 Å². The molecule has 2 aromatic rings. The lowest BCUT2D eigenvalue weighted by Gasteiger charge is -2.25. The van der Waals surface area contributed by atoms with Crippen LogP contribution in [0.1, 0.15) is 56.2 Å². The quantitative estimate of drug-likeness (QED) is 0.709. The van der Waals surface area contributed by atoms with E-state index in [-0.39, 0.29) is 11.9 Å². The highest BCUT2D eigenvalue weighted by Crippen LogP contribution is 2.34. The van der Waals surface area contributed by atoms with Crippen LogP contribution >= 0.6 is 11.8 Å². The molecule has 27 heavy (non-hydrogen) atoms. The zero-order valence-corrected chi connectivity index (χ0v) is 16.4. The molecule has 7 nitrogen and oxygen atoms in total. The summed E-state index contributed by atoms with van der Waals surface area (Å²) in [5.41, 5.74) is 1.17. The number of thioether (sulfide) groups is 1. The van der Waals surface area contributed by atoms with Crippen molar-refractivity contribution in [3.63, 3.8) is 0 Å². The molecule has 1 aliphatic heterocycles. The second-order valence-corrected chi connectivity index (χ2v) is 8.09. The first-order chi connectivity index (χ1) is 13.3. The van der Waals surface area contributed by atoms with Gasteiger partial charge in [0, 0.05) is 6.54 Å². The van der Waals surface area contributed by atoms with E-state index in [2.05, 4.69) is 27.7 Å². The summed E-state index contributed by atoms with van der Waals surface area (Å²) in [6.07, 6.45) is 6.74. The average Bonchev–Trinajstić information content (AvgIpc) is 3.47. The van der Waals surface area contributed by atoms with Gasteiger partial charge in [0.25, 0.3) is 0 Å². The van der Waals surface area contributed by atoms with Gasteiger partial charge >= 0.3 is 0 Å². The molecule has 2 fully saturated rings. The summed E-state index contributed by atoms with van der Waals surface area (Å²) >= 11 is 1.45. The largest absolute Gasteiger partial charge is 0.497 e. The first-order valence-corrected chi connectivity index (χ1v) is 10.6. The SMILES string of the molecule is COc1ccc(C2CCCN2C(=O)CSc2nnnn2C2CCCC2)cc1. The summed E-state index contributed by atoms with van der Waals surface area (Å²) in [6, 6.07) is 8.57. The molecular formula is C19H25N5O2S. The van der Waals surface area contributed by atoms with Crippen LogP contribution in [-0.2, 0) is 4.79 Å². The molecule has 1 aliphatic carbocycles. The van der Waals surface area contributed by atoms with E-state index >= 15 is 0 Å². The molecule has 2 aliphatic rings. The van der Waals surface area contributed by atoms with E-state index in [0.717, 1.165) is 43.1 Å². The number of ether oxygens (including phenoxy) is 1. The van der Waals surface area contributed by atoms with Crippen LogP contribution in [-0.4, -0.2) is 50.4 Å². The van der Waals surface area contributed by atoms with Crippen LogP contribution < -0.4 is 4.74 Å². The number of hydrogen-bond donors (Lipinski definition) is 0. The average molecular weight is 388 g/mol. The van der Waals surface area contributed by atoms with E-state index in [0.29, 0.717) is 11.8 Å². The number of benzene rings is 1. The van der Waals surface area contributed by atoms with Gasteiger partial charge in [0.05, 0.1) is 24.9 Å². The molecule has 2 heterocycles. The monoisotopic (exact) mass is 387 g/mol. The highest BCUT2D eigenvalue weighted by atomic mass is 32.2. The van der Waals surface area contributed by atoms with Gasteiger partial charge in [0.2, 0.25) is 11.1 Å². The van der Waals surface area contributed by atoms with Gasteiger partial charge in [0.15, 0.2) is 0 Å². The third kappa shape index (κ3) is 3.95. The normalized spacial score (nSPS) is 20.3. The smallest absolute Gasteiger partial charge is 0.233 e. The van der Waals surface area contributed by atoms with E-state index < -0.39 is 0 Å². The second kappa shape index (κ2) is 8.29. The number of tetrazole rings is 1. The molecule has 1 unspecified atom stereocenters. The highest BCUT2D eigenvalue weighted by molar-refractivity contribution is 7.99. The molecule has 1 aromatic carbocycles. The summed E-state index contributed by atoms with van der Waals surface area (Å²) in [7, 11) is 1.66. The third-order valence-electron chi connectivity index (χ3n) is 5.53. The predicted octanol–water partition coefficient (Wildman–Crippen LogP) is 3.25. The molecule has 1 aromatic heterocycles. The molecule has 0 bridgehead atoms. The maximum Gasteiger partial charge on any atom is 0.233 e. The minimum atomic E-state index is 0.148. The molecule has 0 spiro atoms. The number of nitrogens with zero attached hydrogens (tertiary/aromatic N) is 5. The molecule has 1 saturated heterocycles. The topological polar surface area (TPSA) is 73.1 Å². The Kier molecular flexibility index (Phi) is 5.61. The van der Waals surface area contributed by atoms with E-state index in [4.69, 9.17) is 4.74 Å². The van der Waals surface area contributed by atoms with Crippen molar-refractivity contribution in [3.8, 4) is 5.75 Å². The van der Waals surface area contributed by atoms with Crippen molar-refractivity contribution >= 4 is 17.7 Å². The van der Waals surface area contributed by atoms with Crippen molar-refractivity contribution in [2.24, 2.45) is 0 Å². The van der Waals surface area contributed by atoms with E-state index in [1.54, 1.807) is 7.11 Å². The molecule has 0 N–H and O–H groups in total. The van der Waals surface area contributed by atoms with Gasteiger partial charge in [-0.15, -0.1) is 5.10 Å². The molecule has 4 rings (SSSR count). The van der Waals surface area contributed by atoms with Gasteiger partial charge < -0.3 is 9.64 Å². The van der Waals surface area contributed by atoms with E-state index in [1.807, 2.05) is 21.7 Å². The summed E-state index contributed by atoms with van der Waals surface area (Å²) in [4.78, 5) is 14.9. The number of rotatable bonds is 6. The Labute approximate surface area is 163 Å². The van der Waals surface area contributed by atoms with Crippen LogP contribution in [0.25, 0.3) is 0 Å². The van der Waals surface area contributed by atoms with Crippen molar-refractivity contribution in [2.45, 2.75) is 55.8 Å². The lowest BCUT2D eigenvalue weighted by molar-refractivity contribution is -0.129. The fraction of sp³-hybridized carbons (Fsp3) is 0.579. The fourth-order valence-corrected chi connectivity index (χ4v) is 4.94. The third-order valence-corrected chi connectivity index (χ3v) is 6.45. The Morgan fingerprint density at radius 2 is 1.96 bits per heavy atom. The zero-order chi connectivity index (χ0) is 18.6. The first-order valence-electron chi connectivity index (χ1n) is 9.60. The minimum Gasteiger partial charge on any atom is -0.497 e. The van der Waals surface area contributed by atoms with Gasteiger partial charge in [-0.2, -0.15) is 0 Å². The molecular weight excluding hydrogens is 362 g/mol. The van der Waals surface area contributed by atoms with Gasteiger partial charge in [0.1, 0.15) is 5.75 Å². The van der Waals surface area contributed by atoms with Crippen LogP contribution in [0, 0.1) is 0 Å². The van der Waals surface area contributed by atoms with Crippen molar-refractivity contribution in [1.82, 2.24) is 25.1 Å². The molecule has 1 atom stereocenters. The Morgan fingerprint density at radius 3 is 2.70 bits per heavy atom. The summed E-state index contributed by atoms with van der Waals surface area (Å²) < 4.78 is 7.15. The Bertz CT molecular complexity index is 773. The molecule has 1 saturated carbocycles. The standard InChI is InChI=1S/C19H25N5O2S/c1-26-16-10-8-14(9-11-16)17-7-4-12-23(17)18(25)13-27-19-20-21-22-24(19)15-5-2-3-6-15/h8-11,15,17H,2-7,12-13H2,1H3. The molecule has 144 valence electrons. The Balaban J connectivity index is 1.39. The highest BCUT2D eigenvalue weighted by Gasteiger charge is 2.30. The second-order valence-electron chi connectivity index (χ2n) is 7.15. The number of carbonyl (C=O) groups excluding carboxylic acids is 1. The first kappa shape index (κ1) is 18.3.